The fourth-order valence-corrected chi connectivity index (χ4v) is 9.96. The normalized spacial score (nSPS) is 31.3. The molecule has 3 aliphatic heterocycles. The Labute approximate surface area is 231 Å². The van der Waals surface area contributed by atoms with Crippen molar-refractivity contribution in [2.45, 2.75) is 95.3 Å². The number of nitrogens with zero attached hydrogens (tertiary/aromatic N) is 1. The Balaban J connectivity index is 1.77. The van der Waals surface area contributed by atoms with Crippen LogP contribution in [0.2, 0.25) is 0 Å². The number of aliphatic hydroxyl groups is 1. The van der Waals surface area contributed by atoms with Gasteiger partial charge in [-0.1, -0.05) is 58.0 Å². The van der Waals surface area contributed by atoms with Crippen LogP contribution in [0.3, 0.4) is 0 Å². The van der Waals surface area contributed by atoms with E-state index in [9.17, 15) is 19.5 Å². The lowest BCUT2D eigenvalue weighted by atomic mass is 9.66. The molecular formula is C30H44N2O5S. The number of hydrogen-bond acceptors (Lipinski definition) is 6. The minimum atomic E-state index is -0.787. The van der Waals surface area contributed by atoms with Gasteiger partial charge in [-0.3, -0.25) is 14.4 Å². The molecule has 0 aliphatic carbocycles. The fraction of sp³-hybridized carbons (Fsp3) is 0.700. The van der Waals surface area contributed by atoms with Crippen LogP contribution in [-0.2, 0) is 25.5 Å². The molecule has 1 aromatic rings. The lowest BCUT2D eigenvalue weighted by Crippen LogP contribution is -2.61. The number of aliphatic hydroxyl groups excluding tert-OH is 1. The zero-order valence-corrected chi connectivity index (χ0v) is 24.6. The van der Waals surface area contributed by atoms with E-state index >= 15 is 0 Å². The number of likely N-dealkylation sites (tertiary alicyclic amines) is 1. The summed E-state index contributed by atoms with van der Waals surface area (Å²) >= 11 is 1.63. The van der Waals surface area contributed by atoms with Crippen LogP contribution in [0.1, 0.15) is 66.9 Å². The third-order valence-corrected chi connectivity index (χ3v) is 10.4. The SMILES string of the molecule is CCOC(=O)[C@@H]1[C@H]2C(=O)N([C@@H](CO)Cc3ccccc3)C(C(=O)NC(C)(C)CC(C)(C)C)C23S[C@@H]1CC3C. The van der Waals surface area contributed by atoms with E-state index in [1.54, 1.807) is 23.6 Å². The maximum atomic E-state index is 14.3. The molecule has 3 unspecified atom stereocenters. The number of carbonyl (C=O) groups is 3. The molecule has 38 heavy (non-hydrogen) atoms. The first kappa shape index (κ1) is 28.9. The van der Waals surface area contributed by atoms with Crippen molar-refractivity contribution in [2.75, 3.05) is 13.2 Å². The summed E-state index contributed by atoms with van der Waals surface area (Å²) in [5.74, 6) is -1.94. The van der Waals surface area contributed by atoms with E-state index in [1.807, 2.05) is 44.2 Å². The van der Waals surface area contributed by atoms with Crippen LogP contribution in [0, 0.1) is 23.2 Å². The number of esters is 1. The topological polar surface area (TPSA) is 95.9 Å². The molecule has 4 rings (SSSR count). The molecule has 0 saturated carbocycles. The summed E-state index contributed by atoms with van der Waals surface area (Å²) in [7, 11) is 0. The molecule has 3 aliphatic rings. The number of benzene rings is 1. The van der Waals surface area contributed by atoms with E-state index in [0.717, 1.165) is 18.4 Å². The fourth-order valence-electron chi connectivity index (χ4n) is 7.57. The molecule has 3 fully saturated rings. The maximum Gasteiger partial charge on any atom is 0.310 e. The van der Waals surface area contributed by atoms with Gasteiger partial charge < -0.3 is 20.1 Å². The summed E-state index contributed by atoms with van der Waals surface area (Å²) in [5.41, 5.74) is 0.470. The highest BCUT2D eigenvalue weighted by atomic mass is 32.2. The summed E-state index contributed by atoms with van der Waals surface area (Å²) in [6.07, 6.45) is 1.93. The number of fused-ring (bicyclic) bond motifs is 1. The van der Waals surface area contributed by atoms with Gasteiger partial charge in [-0.25, -0.2) is 0 Å². The van der Waals surface area contributed by atoms with Gasteiger partial charge in [0.25, 0.3) is 0 Å². The van der Waals surface area contributed by atoms with E-state index in [1.165, 1.54) is 0 Å². The molecular weight excluding hydrogens is 500 g/mol. The van der Waals surface area contributed by atoms with Crippen molar-refractivity contribution in [3.8, 4) is 0 Å². The van der Waals surface area contributed by atoms with Crippen molar-refractivity contribution in [2.24, 2.45) is 23.2 Å². The van der Waals surface area contributed by atoms with E-state index < -0.39 is 34.2 Å². The highest BCUT2D eigenvalue weighted by molar-refractivity contribution is 8.02. The van der Waals surface area contributed by atoms with E-state index in [4.69, 9.17) is 4.74 Å². The monoisotopic (exact) mass is 544 g/mol. The first-order valence-electron chi connectivity index (χ1n) is 13.9. The van der Waals surface area contributed by atoms with Crippen LogP contribution in [0.4, 0.5) is 0 Å². The molecule has 2 amide bonds. The van der Waals surface area contributed by atoms with Gasteiger partial charge in [0.1, 0.15) is 6.04 Å². The molecule has 1 spiro atoms. The Kier molecular flexibility index (Phi) is 7.99. The first-order valence-corrected chi connectivity index (χ1v) is 14.8. The summed E-state index contributed by atoms with van der Waals surface area (Å²) in [6, 6.07) is 8.35. The van der Waals surface area contributed by atoms with E-state index in [0.29, 0.717) is 6.42 Å². The van der Waals surface area contributed by atoms with Crippen molar-refractivity contribution in [3.05, 3.63) is 35.9 Å². The van der Waals surface area contributed by atoms with Gasteiger partial charge in [0.05, 0.1) is 35.8 Å². The smallest absolute Gasteiger partial charge is 0.310 e. The lowest BCUT2D eigenvalue weighted by Gasteiger charge is -2.42. The Hall–Kier alpha value is -2.06. The molecule has 7 nitrogen and oxygen atoms in total. The molecule has 3 saturated heterocycles. The van der Waals surface area contributed by atoms with Crippen molar-refractivity contribution >= 4 is 29.5 Å². The number of rotatable bonds is 9. The van der Waals surface area contributed by atoms with Crippen LogP contribution < -0.4 is 5.32 Å². The van der Waals surface area contributed by atoms with Crippen molar-refractivity contribution in [1.82, 2.24) is 10.2 Å². The molecule has 2 bridgehead atoms. The zero-order chi connectivity index (χ0) is 28.0. The summed E-state index contributed by atoms with van der Waals surface area (Å²) < 4.78 is 4.70. The van der Waals surface area contributed by atoms with Gasteiger partial charge in [0.2, 0.25) is 11.8 Å². The van der Waals surface area contributed by atoms with Gasteiger partial charge in [-0.15, -0.1) is 11.8 Å². The third kappa shape index (κ3) is 5.10. The summed E-state index contributed by atoms with van der Waals surface area (Å²) in [5, 5.41) is 13.8. The molecule has 7 atom stereocenters. The predicted molar refractivity (Wildman–Crippen MR) is 149 cm³/mol. The Morgan fingerprint density at radius 1 is 1.21 bits per heavy atom. The molecule has 1 aromatic carbocycles. The Morgan fingerprint density at radius 2 is 1.87 bits per heavy atom. The minimum absolute atomic E-state index is 0.00735. The van der Waals surface area contributed by atoms with Crippen LogP contribution in [0.5, 0.6) is 0 Å². The van der Waals surface area contributed by atoms with Gasteiger partial charge in [-0.2, -0.15) is 0 Å². The lowest BCUT2D eigenvalue weighted by molar-refractivity contribution is -0.154. The summed E-state index contributed by atoms with van der Waals surface area (Å²) in [6.45, 7) is 14.3. The molecule has 0 radical (unpaired) electrons. The number of carbonyl (C=O) groups excluding carboxylic acids is 3. The van der Waals surface area contributed by atoms with Gasteiger partial charge in [0.15, 0.2) is 0 Å². The van der Waals surface area contributed by atoms with Crippen molar-refractivity contribution < 1.29 is 24.2 Å². The number of amides is 2. The van der Waals surface area contributed by atoms with Crippen LogP contribution in [-0.4, -0.2) is 68.6 Å². The van der Waals surface area contributed by atoms with Crippen LogP contribution in [0.25, 0.3) is 0 Å². The molecule has 8 heteroatoms. The number of thioether (sulfide) groups is 1. The second kappa shape index (κ2) is 10.5. The summed E-state index contributed by atoms with van der Waals surface area (Å²) in [4.78, 5) is 43.5. The van der Waals surface area contributed by atoms with E-state index in [-0.39, 0.29) is 47.6 Å². The Bertz CT molecular complexity index is 1050. The van der Waals surface area contributed by atoms with Crippen molar-refractivity contribution in [3.63, 3.8) is 0 Å². The average Bonchev–Trinajstić information content (AvgIpc) is 3.40. The molecule has 0 aromatic heterocycles. The maximum absolute atomic E-state index is 14.3. The van der Waals surface area contributed by atoms with Crippen LogP contribution >= 0.6 is 11.8 Å². The highest BCUT2D eigenvalue weighted by Crippen LogP contribution is 2.69. The van der Waals surface area contributed by atoms with Gasteiger partial charge >= 0.3 is 5.97 Å². The van der Waals surface area contributed by atoms with Gasteiger partial charge in [-0.05, 0) is 56.9 Å². The highest BCUT2D eigenvalue weighted by Gasteiger charge is 2.77. The van der Waals surface area contributed by atoms with Crippen LogP contribution in [0.15, 0.2) is 30.3 Å². The standard InChI is InChI=1S/C30H44N2O5S/c1-8-37-27(36)22-21-14-18(2)30(38-21)23(22)26(35)32(20(16-33)15-19-12-10-9-11-13-19)24(30)25(34)31-29(6,7)17-28(3,4)5/h9-13,18,20-24,33H,8,14-17H2,1-7H3,(H,31,34)/t18?,20-,21-,22+,23+,24?,30?/m1/s1. The van der Waals surface area contributed by atoms with E-state index in [2.05, 4.69) is 33.0 Å². The number of nitrogens with one attached hydrogen (secondary N) is 1. The zero-order valence-electron chi connectivity index (χ0n) is 23.8. The number of hydrogen-bond donors (Lipinski definition) is 2. The molecule has 3 heterocycles. The predicted octanol–water partition coefficient (Wildman–Crippen LogP) is 3.82. The molecule has 210 valence electrons. The second-order valence-electron chi connectivity index (χ2n) is 13.2. The molecule has 2 N–H and O–H groups in total. The largest absolute Gasteiger partial charge is 0.466 e. The van der Waals surface area contributed by atoms with Crippen molar-refractivity contribution in [1.29, 1.82) is 0 Å². The quantitative estimate of drug-likeness (QED) is 0.459. The van der Waals surface area contributed by atoms with Gasteiger partial charge in [0, 0.05) is 10.8 Å². The third-order valence-electron chi connectivity index (χ3n) is 8.34. The second-order valence-corrected chi connectivity index (χ2v) is 14.7. The Morgan fingerprint density at radius 3 is 2.45 bits per heavy atom. The average molecular weight is 545 g/mol. The minimum Gasteiger partial charge on any atom is -0.466 e. The number of ether oxygens (including phenoxy) is 1. The first-order chi connectivity index (χ1) is 17.8.